The van der Waals surface area contributed by atoms with Gasteiger partial charge < -0.3 is 29.7 Å². The third-order valence-corrected chi connectivity index (χ3v) is 7.54. The highest BCUT2D eigenvalue weighted by Gasteiger charge is 2.37. The summed E-state index contributed by atoms with van der Waals surface area (Å²) in [4.78, 5) is 29.1. The van der Waals surface area contributed by atoms with Gasteiger partial charge in [0.1, 0.15) is 17.2 Å². The van der Waals surface area contributed by atoms with Crippen molar-refractivity contribution in [2.24, 2.45) is 0 Å². The van der Waals surface area contributed by atoms with Crippen molar-refractivity contribution >= 4 is 17.3 Å². The third-order valence-electron chi connectivity index (χ3n) is 7.54. The highest BCUT2D eigenvalue weighted by Crippen LogP contribution is 2.39. The molecule has 224 valence electrons. The van der Waals surface area contributed by atoms with Gasteiger partial charge in [0, 0.05) is 62.5 Å². The zero-order chi connectivity index (χ0) is 30.2. The number of rotatable bonds is 8. The van der Waals surface area contributed by atoms with E-state index in [1.54, 1.807) is 28.0 Å². The number of alkyl halides is 3. The number of aromatic nitrogens is 2. The number of aliphatic hydroxyl groups is 1. The topological polar surface area (TPSA) is 109 Å². The fraction of sp³-hybridized carbons (Fsp3) is 0.414. The number of halogens is 3. The van der Waals surface area contributed by atoms with Gasteiger partial charge in [0.2, 0.25) is 5.91 Å². The number of aliphatic hydroxyl groups excluding tert-OH is 1. The molecular formula is C29H32F3N5O5. The first-order valence-electron chi connectivity index (χ1n) is 13.5. The molecule has 1 atom stereocenters. The SMILES string of the molecule is COc1cc(OC)cc(-c2nn(-c3cc(N4CC[C@H](O)C4)ccc3C(F)(F)F)c(=O)c3c2CCN3CCNC(C)=O)c1. The van der Waals surface area contributed by atoms with E-state index in [4.69, 9.17) is 9.47 Å². The molecule has 1 amide bonds. The minimum absolute atomic E-state index is 0.224. The van der Waals surface area contributed by atoms with Crippen molar-refractivity contribution in [3.8, 4) is 28.4 Å². The van der Waals surface area contributed by atoms with E-state index < -0.39 is 29.1 Å². The second kappa shape index (κ2) is 11.6. The summed E-state index contributed by atoms with van der Waals surface area (Å²) >= 11 is 0. The number of fused-ring (bicyclic) bond motifs is 1. The number of nitrogens with zero attached hydrogens (tertiary/aromatic N) is 4. The molecular weight excluding hydrogens is 555 g/mol. The second-order valence-electron chi connectivity index (χ2n) is 10.3. The molecule has 3 aromatic rings. The number of nitrogens with one attached hydrogen (secondary N) is 1. The average molecular weight is 588 g/mol. The summed E-state index contributed by atoms with van der Waals surface area (Å²) in [5.41, 5.74) is -0.0595. The van der Waals surface area contributed by atoms with Gasteiger partial charge in [0.15, 0.2) is 0 Å². The molecule has 0 bridgehead atoms. The van der Waals surface area contributed by atoms with Crippen molar-refractivity contribution in [2.75, 3.05) is 56.7 Å². The molecule has 42 heavy (non-hydrogen) atoms. The summed E-state index contributed by atoms with van der Waals surface area (Å²) in [7, 11) is 2.97. The van der Waals surface area contributed by atoms with Crippen molar-refractivity contribution < 1.29 is 32.5 Å². The molecule has 0 unspecified atom stereocenters. The van der Waals surface area contributed by atoms with Gasteiger partial charge in [-0.3, -0.25) is 9.59 Å². The van der Waals surface area contributed by atoms with Crippen LogP contribution in [0.3, 0.4) is 0 Å². The predicted octanol–water partition coefficient (Wildman–Crippen LogP) is 3.01. The van der Waals surface area contributed by atoms with Crippen LogP contribution in [0.1, 0.15) is 24.5 Å². The van der Waals surface area contributed by atoms with Gasteiger partial charge in [0.25, 0.3) is 5.56 Å². The lowest BCUT2D eigenvalue weighted by molar-refractivity contribution is -0.137. The van der Waals surface area contributed by atoms with E-state index in [0.29, 0.717) is 59.9 Å². The Morgan fingerprint density at radius 2 is 1.83 bits per heavy atom. The first-order valence-corrected chi connectivity index (χ1v) is 13.5. The van der Waals surface area contributed by atoms with Crippen LogP contribution in [0.5, 0.6) is 11.5 Å². The number of hydrogen-bond donors (Lipinski definition) is 2. The molecule has 2 aliphatic rings. The van der Waals surface area contributed by atoms with Crippen LogP contribution in [0.15, 0.2) is 41.2 Å². The zero-order valence-electron chi connectivity index (χ0n) is 23.5. The highest BCUT2D eigenvalue weighted by molar-refractivity contribution is 5.75. The standard InChI is InChI=1S/C29H32F3N5O5/c1-17(38)33-8-11-35-10-7-23-26(18-12-21(41-2)15-22(13-18)42-3)34-37(28(40)27(23)35)25-14-19(36-9-6-20(39)16-36)4-5-24(25)29(30,31)32/h4-5,12-15,20,39H,6-11,16H2,1-3H3,(H,33,38)/t20-/m0/s1. The summed E-state index contributed by atoms with van der Waals surface area (Å²) in [5.74, 6) is 0.664. The molecule has 10 nitrogen and oxygen atoms in total. The number of methoxy groups -OCH3 is 2. The van der Waals surface area contributed by atoms with Gasteiger partial charge >= 0.3 is 6.18 Å². The van der Waals surface area contributed by atoms with E-state index in [2.05, 4.69) is 10.4 Å². The Kier molecular flexibility index (Phi) is 8.04. The molecule has 0 saturated carbocycles. The van der Waals surface area contributed by atoms with E-state index in [1.165, 1.54) is 33.3 Å². The quantitative estimate of drug-likeness (QED) is 0.414. The number of carbonyl (C=O) groups excluding carboxylic acids is 1. The maximum atomic E-state index is 14.4. The fourth-order valence-electron chi connectivity index (χ4n) is 5.51. The van der Waals surface area contributed by atoms with Gasteiger partial charge in [-0.05, 0) is 43.2 Å². The second-order valence-corrected chi connectivity index (χ2v) is 10.3. The van der Waals surface area contributed by atoms with Crippen LogP contribution in [-0.4, -0.2) is 73.8 Å². The molecule has 0 radical (unpaired) electrons. The third kappa shape index (κ3) is 5.73. The highest BCUT2D eigenvalue weighted by atomic mass is 19.4. The van der Waals surface area contributed by atoms with Gasteiger partial charge in [0.05, 0.1) is 37.3 Å². The summed E-state index contributed by atoms with van der Waals surface area (Å²) in [6.07, 6.45) is -4.46. The van der Waals surface area contributed by atoms with E-state index in [0.717, 1.165) is 10.7 Å². The normalized spacial score (nSPS) is 16.5. The van der Waals surface area contributed by atoms with Crippen molar-refractivity contribution in [1.82, 2.24) is 15.1 Å². The van der Waals surface area contributed by atoms with Crippen LogP contribution in [0.4, 0.5) is 24.5 Å². The zero-order valence-corrected chi connectivity index (χ0v) is 23.5. The van der Waals surface area contributed by atoms with E-state index >= 15 is 0 Å². The Morgan fingerprint density at radius 3 is 2.43 bits per heavy atom. The van der Waals surface area contributed by atoms with Crippen LogP contribution in [0, 0.1) is 0 Å². The van der Waals surface area contributed by atoms with E-state index in [9.17, 15) is 27.9 Å². The van der Waals surface area contributed by atoms with Gasteiger partial charge in [-0.1, -0.05) is 0 Å². The average Bonchev–Trinajstić information content (AvgIpc) is 3.59. The smallest absolute Gasteiger partial charge is 0.418 e. The van der Waals surface area contributed by atoms with Crippen LogP contribution in [0.2, 0.25) is 0 Å². The maximum Gasteiger partial charge on any atom is 0.418 e. The van der Waals surface area contributed by atoms with Gasteiger partial charge in [-0.2, -0.15) is 23.0 Å². The summed E-state index contributed by atoms with van der Waals surface area (Å²) in [6.45, 7) is 3.06. The molecule has 0 aliphatic carbocycles. The molecule has 0 spiro atoms. The number of carbonyl (C=O) groups is 1. The van der Waals surface area contributed by atoms with Crippen LogP contribution in [-0.2, 0) is 17.4 Å². The summed E-state index contributed by atoms with van der Waals surface area (Å²) < 4.78 is 54.8. The minimum Gasteiger partial charge on any atom is -0.497 e. The van der Waals surface area contributed by atoms with Crippen molar-refractivity contribution in [3.05, 3.63) is 57.9 Å². The molecule has 1 aromatic heterocycles. The molecule has 13 heteroatoms. The first kappa shape index (κ1) is 29.2. The number of anilines is 2. The first-order chi connectivity index (χ1) is 20.0. The Balaban J connectivity index is 1.75. The predicted molar refractivity (Wildman–Crippen MR) is 151 cm³/mol. The number of hydrogen-bond acceptors (Lipinski definition) is 8. The lowest BCUT2D eigenvalue weighted by atomic mass is 10.0. The van der Waals surface area contributed by atoms with Crippen molar-refractivity contribution in [1.29, 1.82) is 0 Å². The maximum absolute atomic E-state index is 14.4. The molecule has 5 rings (SSSR count). The van der Waals surface area contributed by atoms with Crippen LogP contribution >= 0.6 is 0 Å². The molecule has 2 aliphatic heterocycles. The Bertz CT molecular complexity index is 1540. The number of β-amino-alcohol motifs (C(OH)–C–C–N with tert-alkyl or cyclic N) is 1. The Hall–Kier alpha value is -4.26. The van der Waals surface area contributed by atoms with Crippen LogP contribution < -0.4 is 30.1 Å². The molecule has 1 saturated heterocycles. The van der Waals surface area contributed by atoms with Crippen LogP contribution in [0.25, 0.3) is 16.9 Å². The van der Waals surface area contributed by atoms with E-state index in [-0.39, 0.29) is 31.2 Å². The summed E-state index contributed by atoms with van der Waals surface area (Å²) in [6, 6.07) is 8.62. The van der Waals surface area contributed by atoms with Crippen molar-refractivity contribution in [3.63, 3.8) is 0 Å². The monoisotopic (exact) mass is 587 g/mol. The largest absolute Gasteiger partial charge is 0.497 e. The Morgan fingerprint density at radius 1 is 1.12 bits per heavy atom. The fourth-order valence-corrected chi connectivity index (χ4v) is 5.51. The number of benzene rings is 2. The lowest BCUT2D eigenvalue weighted by Crippen LogP contribution is -2.37. The van der Waals surface area contributed by atoms with Gasteiger partial charge in [-0.15, -0.1) is 0 Å². The lowest BCUT2D eigenvalue weighted by Gasteiger charge is -2.23. The van der Waals surface area contributed by atoms with E-state index in [1.807, 2.05) is 0 Å². The minimum atomic E-state index is -4.77. The van der Waals surface area contributed by atoms with Crippen molar-refractivity contribution in [2.45, 2.75) is 32.0 Å². The summed E-state index contributed by atoms with van der Waals surface area (Å²) in [5, 5.41) is 17.3. The molecule has 1 fully saturated rings. The molecule has 2 aromatic carbocycles. The molecule has 3 heterocycles. The molecule has 2 N–H and O–H groups in total. The number of ether oxygens (including phenoxy) is 2. The van der Waals surface area contributed by atoms with Gasteiger partial charge in [-0.25, -0.2) is 0 Å². The number of amides is 1. The Labute approximate surface area is 240 Å².